The molecule has 1 aromatic heterocycles. The van der Waals surface area contributed by atoms with Crippen LogP contribution in [0.25, 0.3) is 27.8 Å². The Kier molecular flexibility index (Phi) is 5.19. The molecule has 4 heterocycles. The average molecular weight is 629 g/mol. The molecule has 4 aromatic carbocycles. The van der Waals surface area contributed by atoms with Gasteiger partial charge in [0.2, 0.25) is 0 Å². The number of aromatic nitrogens is 1. The molecule has 3 aliphatic heterocycles. The first-order chi connectivity index (χ1) is 22.6. The lowest BCUT2D eigenvalue weighted by molar-refractivity contribution is 0.195. The van der Waals surface area contributed by atoms with Gasteiger partial charge in [-0.2, -0.15) is 0 Å². The molecule has 2 aliphatic carbocycles. The van der Waals surface area contributed by atoms with Gasteiger partial charge in [-0.05, 0) is 93.0 Å². The second-order valence-corrected chi connectivity index (χ2v) is 18.9. The molecule has 242 valence electrons. The van der Waals surface area contributed by atoms with Gasteiger partial charge in [0.15, 0.2) is 0 Å². The van der Waals surface area contributed by atoms with Gasteiger partial charge >= 0.3 is 0 Å². The standard InChI is InChI=1S/C45H49BN2/c1-41(2,3)26-22-29-36-39(28-16-11-12-17-30(28)43(36,7)8)47-34-18-15-19-35-37(34)46(32(24-26)38(29)47)33-25-27(42(4,5)6)23-31-40(33)48(35)45(10)21-14-13-20-44(31,45)9/h11-12,15-19,22-25H,13-14,20-21H2,1-10H3. The molecule has 0 N–H and O–H groups in total. The topological polar surface area (TPSA) is 8.17 Å². The summed E-state index contributed by atoms with van der Waals surface area (Å²) in [5.41, 5.74) is 20.8. The van der Waals surface area contributed by atoms with Gasteiger partial charge in [-0.25, -0.2) is 0 Å². The summed E-state index contributed by atoms with van der Waals surface area (Å²) in [6.07, 6.45) is 5.09. The predicted molar refractivity (Wildman–Crippen MR) is 206 cm³/mol. The smallest absolute Gasteiger partial charge is 0.252 e. The Morgan fingerprint density at radius 1 is 0.688 bits per heavy atom. The molecule has 3 heteroatoms. The summed E-state index contributed by atoms with van der Waals surface area (Å²) in [5.74, 6) is 0. The molecule has 2 unspecified atom stereocenters. The summed E-state index contributed by atoms with van der Waals surface area (Å²) >= 11 is 0. The SMILES string of the molecule is CC(C)(C)c1cc2c3c(c1)C1(C)CCCCC1(C)N3c1cccc3c1B2c1cc(C(C)(C)C)cc2c4c(n-3c12)-c1ccccc1C4(C)C. The van der Waals surface area contributed by atoms with E-state index < -0.39 is 0 Å². The number of hydrogen-bond acceptors (Lipinski definition) is 1. The fourth-order valence-electron chi connectivity index (χ4n) is 11.2. The lowest BCUT2D eigenvalue weighted by Crippen LogP contribution is -2.64. The zero-order valence-corrected chi connectivity index (χ0v) is 30.7. The molecular formula is C45H49BN2. The van der Waals surface area contributed by atoms with Crippen LogP contribution in [0.3, 0.4) is 0 Å². The maximum atomic E-state index is 2.87. The Labute approximate surface area is 287 Å². The summed E-state index contributed by atoms with van der Waals surface area (Å²) in [6, 6.07) is 27.0. The molecule has 2 nitrogen and oxygen atoms in total. The minimum absolute atomic E-state index is 0.0286. The van der Waals surface area contributed by atoms with Crippen LogP contribution in [0.5, 0.6) is 0 Å². The van der Waals surface area contributed by atoms with Crippen molar-refractivity contribution in [1.82, 2.24) is 4.57 Å². The van der Waals surface area contributed by atoms with E-state index in [9.17, 15) is 0 Å². The number of benzene rings is 4. The first-order valence-corrected chi connectivity index (χ1v) is 18.5. The number of nitrogens with zero attached hydrogens (tertiary/aromatic N) is 2. The van der Waals surface area contributed by atoms with Crippen LogP contribution in [0.15, 0.2) is 66.7 Å². The maximum absolute atomic E-state index is 2.87. The summed E-state index contributed by atoms with van der Waals surface area (Å²) < 4.78 is 2.72. The molecule has 10 rings (SSSR count). The molecule has 5 aliphatic rings. The van der Waals surface area contributed by atoms with Crippen LogP contribution in [0.2, 0.25) is 0 Å². The van der Waals surface area contributed by atoms with E-state index in [2.05, 4.69) is 145 Å². The van der Waals surface area contributed by atoms with Crippen LogP contribution < -0.4 is 21.3 Å². The van der Waals surface area contributed by atoms with Crippen molar-refractivity contribution in [1.29, 1.82) is 0 Å². The van der Waals surface area contributed by atoms with E-state index in [0.29, 0.717) is 0 Å². The second kappa shape index (κ2) is 8.52. The Morgan fingerprint density at radius 3 is 2.10 bits per heavy atom. The van der Waals surface area contributed by atoms with Crippen LogP contribution >= 0.6 is 0 Å². The first kappa shape index (κ1) is 29.2. The fraction of sp³-hybridized carbons (Fsp3) is 0.422. The molecule has 1 saturated carbocycles. The third-order valence-corrected chi connectivity index (χ3v) is 14.0. The van der Waals surface area contributed by atoms with Gasteiger partial charge in [0.25, 0.3) is 6.71 Å². The third-order valence-electron chi connectivity index (χ3n) is 14.0. The van der Waals surface area contributed by atoms with Gasteiger partial charge in [-0.15, -0.1) is 0 Å². The highest BCUT2D eigenvalue weighted by Crippen LogP contribution is 2.62. The first-order valence-electron chi connectivity index (χ1n) is 18.5. The summed E-state index contributed by atoms with van der Waals surface area (Å²) in [5, 5.41) is 1.45. The molecule has 48 heavy (non-hydrogen) atoms. The zero-order valence-electron chi connectivity index (χ0n) is 30.7. The molecule has 1 fully saturated rings. The van der Waals surface area contributed by atoms with Crippen molar-refractivity contribution in [3.05, 3.63) is 94.5 Å². The Bertz CT molecular complexity index is 2290. The van der Waals surface area contributed by atoms with Crippen LogP contribution in [-0.2, 0) is 21.7 Å². The molecule has 0 amide bonds. The van der Waals surface area contributed by atoms with Gasteiger partial charge < -0.3 is 9.47 Å². The molecule has 0 radical (unpaired) electrons. The summed E-state index contributed by atoms with van der Waals surface area (Å²) in [7, 11) is 0. The predicted octanol–water partition coefficient (Wildman–Crippen LogP) is 9.42. The van der Waals surface area contributed by atoms with Crippen molar-refractivity contribution in [3.63, 3.8) is 0 Å². The minimum Gasteiger partial charge on any atom is -0.335 e. The minimum atomic E-state index is -0.0830. The Hall–Kier alpha value is -3.72. The lowest BCUT2D eigenvalue weighted by atomic mass is 9.33. The van der Waals surface area contributed by atoms with Gasteiger partial charge in [-0.3, -0.25) is 0 Å². The molecule has 0 saturated heterocycles. The quantitative estimate of drug-likeness (QED) is 0.152. The largest absolute Gasteiger partial charge is 0.335 e. The number of fused-ring (bicyclic) bond motifs is 12. The fourth-order valence-corrected chi connectivity index (χ4v) is 11.2. The van der Waals surface area contributed by atoms with Crippen molar-refractivity contribution in [2.75, 3.05) is 4.90 Å². The van der Waals surface area contributed by atoms with Crippen molar-refractivity contribution >= 4 is 45.4 Å². The van der Waals surface area contributed by atoms with E-state index in [0.717, 1.165) is 0 Å². The van der Waals surface area contributed by atoms with E-state index in [1.807, 2.05) is 0 Å². The maximum Gasteiger partial charge on any atom is 0.252 e. The third kappa shape index (κ3) is 3.15. The van der Waals surface area contributed by atoms with Crippen LogP contribution in [-0.4, -0.2) is 16.8 Å². The van der Waals surface area contributed by atoms with Crippen molar-refractivity contribution in [3.8, 4) is 16.9 Å². The molecule has 2 atom stereocenters. The van der Waals surface area contributed by atoms with Crippen molar-refractivity contribution in [2.24, 2.45) is 0 Å². The van der Waals surface area contributed by atoms with E-state index in [4.69, 9.17) is 0 Å². The second-order valence-electron chi connectivity index (χ2n) is 18.9. The normalized spacial score (nSPS) is 24.0. The van der Waals surface area contributed by atoms with Crippen LogP contribution in [0.1, 0.15) is 123 Å². The Morgan fingerprint density at radius 2 is 1.35 bits per heavy atom. The number of anilines is 2. The monoisotopic (exact) mass is 628 g/mol. The van der Waals surface area contributed by atoms with Gasteiger partial charge in [0.1, 0.15) is 0 Å². The molecular weight excluding hydrogens is 579 g/mol. The zero-order chi connectivity index (χ0) is 33.5. The van der Waals surface area contributed by atoms with E-state index in [-0.39, 0.29) is 33.9 Å². The highest BCUT2D eigenvalue weighted by Gasteiger charge is 2.61. The van der Waals surface area contributed by atoms with Gasteiger partial charge in [0, 0.05) is 44.4 Å². The lowest BCUT2D eigenvalue weighted by Gasteiger charge is -2.52. The summed E-state index contributed by atoms with van der Waals surface area (Å²) in [6.45, 7) is 24.7. The van der Waals surface area contributed by atoms with E-state index >= 15 is 0 Å². The van der Waals surface area contributed by atoms with Gasteiger partial charge in [0.05, 0.1) is 11.2 Å². The van der Waals surface area contributed by atoms with Crippen LogP contribution in [0.4, 0.5) is 11.4 Å². The molecule has 5 aromatic rings. The van der Waals surface area contributed by atoms with Gasteiger partial charge in [-0.1, -0.05) is 124 Å². The summed E-state index contributed by atoms with van der Waals surface area (Å²) in [4.78, 5) is 2.87. The van der Waals surface area contributed by atoms with Crippen LogP contribution in [0, 0.1) is 0 Å². The average Bonchev–Trinajstić information content (AvgIpc) is 3.57. The highest BCUT2D eigenvalue weighted by molar-refractivity contribution is 7.00. The van der Waals surface area contributed by atoms with Crippen molar-refractivity contribution in [2.45, 2.75) is 122 Å². The van der Waals surface area contributed by atoms with E-state index in [1.165, 1.54) is 104 Å². The van der Waals surface area contributed by atoms with E-state index in [1.54, 1.807) is 5.56 Å². The number of rotatable bonds is 0. The number of hydrogen-bond donors (Lipinski definition) is 0. The molecule has 0 bridgehead atoms. The molecule has 0 spiro atoms. The van der Waals surface area contributed by atoms with Crippen molar-refractivity contribution < 1.29 is 0 Å². The Balaban J connectivity index is 1.42. The highest BCUT2D eigenvalue weighted by atomic mass is 15.3.